The molecule has 1 aromatic rings. The second kappa shape index (κ2) is 5.25. The van der Waals surface area contributed by atoms with Crippen molar-refractivity contribution in [2.75, 3.05) is 5.32 Å². The highest BCUT2D eigenvalue weighted by molar-refractivity contribution is 7.09. The third-order valence-corrected chi connectivity index (χ3v) is 3.46. The Balaban J connectivity index is 1.96. The molecule has 8 nitrogen and oxygen atoms in total. The van der Waals surface area contributed by atoms with Gasteiger partial charge in [0.1, 0.15) is 0 Å². The Morgan fingerprint density at radius 2 is 2.11 bits per heavy atom. The zero-order chi connectivity index (χ0) is 13.0. The van der Waals surface area contributed by atoms with Crippen LogP contribution >= 0.6 is 11.5 Å². The fraction of sp³-hybridized carbons (Fsp3) is 0.667. The summed E-state index contributed by atoms with van der Waals surface area (Å²) in [6.07, 6.45) is 3.15. The van der Waals surface area contributed by atoms with Gasteiger partial charge in [-0.25, -0.2) is 4.79 Å². The minimum Gasteiger partial charge on any atom is -0.481 e. The third kappa shape index (κ3) is 3.13. The Morgan fingerprint density at radius 3 is 2.67 bits per heavy atom. The third-order valence-electron chi connectivity index (χ3n) is 2.95. The van der Waals surface area contributed by atoms with Crippen molar-refractivity contribution in [1.82, 2.24) is 20.1 Å². The summed E-state index contributed by atoms with van der Waals surface area (Å²) in [6, 6.07) is -0.461. The van der Waals surface area contributed by atoms with Gasteiger partial charge in [0.2, 0.25) is 5.13 Å². The first-order valence-electron chi connectivity index (χ1n) is 5.56. The van der Waals surface area contributed by atoms with Crippen LogP contribution in [0.2, 0.25) is 0 Å². The van der Waals surface area contributed by atoms with E-state index in [9.17, 15) is 9.59 Å². The molecule has 2 amide bonds. The van der Waals surface area contributed by atoms with E-state index in [1.165, 1.54) is 0 Å². The van der Waals surface area contributed by atoms with Crippen LogP contribution < -0.4 is 10.6 Å². The number of carbonyl (C=O) groups is 2. The van der Waals surface area contributed by atoms with Gasteiger partial charge in [-0.3, -0.25) is 10.1 Å². The first-order chi connectivity index (χ1) is 8.60. The molecule has 0 bridgehead atoms. The van der Waals surface area contributed by atoms with Gasteiger partial charge in [-0.1, -0.05) is 22.4 Å². The number of carbonyl (C=O) groups excluding carboxylic acids is 1. The lowest BCUT2D eigenvalue weighted by molar-refractivity contribution is -0.138. The number of carboxylic acids is 1. The van der Waals surface area contributed by atoms with Crippen LogP contribution in [-0.4, -0.2) is 37.4 Å². The normalized spacial score (nSPS) is 17.3. The minimum absolute atomic E-state index is 0.0607. The number of aliphatic carboxylic acids is 1. The van der Waals surface area contributed by atoms with Gasteiger partial charge in [0.25, 0.3) is 0 Å². The maximum Gasteiger partial charge on any atom is 0.321 e. The molecule has 9 heteroatoms. The second-order valence-corrected chi connectivity index (χ2v) is 5.04. The van der Waals surface area contributed by atoms with E-state index in [0.717, 1.165) is 24.4 Å². The van der Waals surface area contributed by atoms with E-state index in [2.05, 4.69) is 25.4 Å². The highest BCUT2D eigenvalue weighted by Gasteiger charge is 2.37. The molecule has 98 valence electrons. The predicted octanol–water partition coefficient (Wildman–Crippen LogP) is 0.842. The smallest absolute Gasteiger partial charge is 0.321 e. The number of rotatable bonds is 4. The summed E-state index contributed by atoms with van der Waals surface area (Å²) in [5.41, 5.74) is -0.645. The Labute approximate surface area is 107 Å². The average molecular weight is 271 g/mol. The molecular weight excluding hydrogens is 258 g/mol. The number of hydrogen-bond donors (Lipinski definition) is 3. The van der Waals surface area contributed by atoms with Crippen molar-refractivity contribution in [1.29, 1.82) is 0 Å². The molecule has 0 atom stereocenters. The lowest BCUT2D eigenvalue weighted by Gasteiger charge is -2.28. The van der Waals surface area contributed by atoms with E-state index in [1.54, 1.807) is 0 Å². The van der Waals surface area contributed by atoms with Crippen molar-refractivity contribution < 1.29 is 14.7 Å². The molecule has 0 aliphatic heterocycles. The van der Waals surface area contributed by atoms with Crippen molar-refractivity contribution in [2.24, 2.45) is 0 Å². The van der Waals surface area contributed by atoms with Gasteiger partial charge in [0.05, 0.1) is 12.0 Å². The van der Waals surface area contributed by atoms with Crippen LogP contribution in [0.5, 0.6) is 0 Å². The molecule has 1 saturated carbocycles. The standard InChI is InChI=1S/C9H13N5O3S/c15-6(16)5-9(3-1-2-4-9)11-7(17)10-8-12-13-14-18-8/h1-5H2,(H,15,16)(H2,10,11,12,14,17). The van der Waals surface area contributed by atoms with Crippen LogP contribution in [-0.2, 0) is 4.79 Å². The van der Waals surface area contributed by atoms with E-state index < -0.39 is 17.5 Å². The topological polar surface area (TPSA) is 117 Å². The summed E-state index contributed by atoms with van der Waals surface area (Å²) in [5.74, 6) is -0.908. The van der Waals surface area contributed by atoms with Gasteiger partial charge < -0.3 is 10.4 Å². The number of amides is 2. The van der Waals surface area contributed by atoms with Crippen LogP contribution in [0.15, 0.2) is 0 Å². The molecular formula is C9H13N5O3S. The zero-order valence-corrected chi connectivity index (χ0v) is 10.4. The number of nitrogens with zero attached hydrogens (tertiary/aromatic N) is 3. The number of anilines is 1. The quantitative estimate of drug-likeness (QED) is 0.747. The molecule has 0 unspecified atom stereocenters. The van der Waals surface area contributed by atoms with E-state index >= 15 is 0 Å². The maximum atomic E-state index is 11.7. The van der Waals surface area contributed by atoms with Gasteiger partial charge in [0.15, 0.2) is 0 Å². The van der Waals surface area contributed by atoms with Crippen molar-refractivity contribution in [3.05, 3.63) is 0 Å². The molecule has 1 aliphatic rings. The number of aromatic nitrogens is 3. The average Bonchev–Trinajstić information content (AvgIpc) is 2.89. The SMILES string of the molecule is O=C(O)CC1(NC(=O)Nc2nnns2)CCCC1. The first-order valence-corrected chi connectivity index (χ1v) is 6.33. The van der Waals surface area contributed by atoms with Crippen molar-refractivity contribution in [3.8, 4) is 0 Å². The highest BCUT2D eigenvalue weighted by Crippen LogP contribution is 2.32. The molecule has 1 fully saturated rings. The molecule has 0 aromatic carbocycles. The molecule has 1 aromatic heterocycles. The summed E-state index contributed by atoms with van der Waals surface area (Å²) in [4.78, 5) is 22.6. The molecule has 2 rings (SSSR count). The van der Waals surface area contributed by atoms with Crippen molar-refractivity contribution in [2.45, 2.75) is 37.6 Å². The van der Waals surface area contributed by atoms with Crippen LogP contribution in [0.4, 0.5) is 9.93 Å². The largest absolute Gasteiger partial charge is 0.481 e. The first kappa shape index (κ1) is 12.7. The van der Waals surface area contributed by atoms with Crippen molar-refractivity contribution >= 4 is 28.7 Å². The fourth-order valence-electron chi connectivity index (χ4n) is 2.24. The molecule has 1 aliphatic carbocycles. The highest BCUT2D eigenvalue weighted by atomic mass is 32.1. The van der Waals surface area contributed by atoms with Gasteiger partial charge in [-0.05, 0) is 18.1 Å². The number of carboxylic acid groups (broad SMARTS) is 1. The van der Waals surface area contributed by atoms with Gasteiger partial charge in [-0.2, -0.15) is 0 Å². The van der Waals surface area contributed by atoms with Crippen LogP contribution in [0, 0.1) is 0 Å². The Morgan fingerprint density at radius 1 is 1.39 bits per heavy atom. The van der Waals surface area contributed by atoms with Gasteiger partial charge in [0, 0.05) is 11.5 Å². The second-order valence-electron chi connectivity index (χ2n) is 4.30. The summed E-state index contributed by atoms with van der Waals surface area (Å²) in [5, 5.41) is 21.4. The number of hydrogen-bond acceptors (Lipinski definition) is 6. The van der Waals surface area contributed by atoms with E-state index in [0.29, 0.717) is 12.8 Å². The van der Waals surface area contributed by atoms with Crippen LogP contribution in [0.3, 0.4) is 0 Å². The van der Waals surface area contributed by atoms with Gasteiger partial charge in [-0.15, -0.1) is 0 Å². The molecule has 1 heterocycles. The zero-order valence-electron chi connectivity index (χ0n) is 9.55. The summed E-state index contributed by atoms with van der Waals surface area (Å²) < 4.78 is 3.52. The molecule has 0 spiro atoms. The maximum absolute atomic E-state index is 11.7. The minimum atomic E-state index is -0.908. The monoisotopic (exact) mass is 271 g/mol. The lowest BCUT2D eigenvalue weighted by atomic mass is 9.93. The molecule has 0 radical (unpaired) electrons. The van der Waals surface area contributed by atoms with E-state index in [4.69, 9.17) is 5.11 Å². The lowest BCUT2D eigenvalue weighted by Crippen LogP contribution is -2.49. The summed E-state index contributed by atoms with van der Waals surface area (Å²) in [7, 11) is 0. The summed E-state index contributed by atoms with van der Waals surface area (Å²) in [6.45, 7) is 0. The summed E-state index contributed by atoms with van der Waals surface area (Å²) >= 11 is 0.961. The van der Waals surface area contributed by atoms with E-state index in [1.807, 2.05) is 0 Å². The fourth-order valence-corrected chi connectivity index (χ4v) is 2.60. The Kier molecular flexibility index (Phi) is 3.70. The van der Waals surface area contributed by atoms with Crippen LogP contribution in [0.25, 0.3) is 0 Å². The Hall–Kier alpha value is -1.77. The van der Waals surface area contributed by atoms with Crippen LogP contribution in [0.1, 0.15) is 32.1 Å². The Bertz CT molecular complexity index is 429. The van der Waals surface area contributed by atoms with E-state index in [-0.39, 0.29) is 11.6 Å². The molecule has 18 heavy (non-hydrogen) atoms. The molecule has 0 saturated heterocycles. The molecule has 3 N–H and O–H groups in total. The van der Waals surface area contributed by atoms with Crippen molar-refractivity contribution in [3.63, 3.8) is 0 Å². The predicted molar refractivity (Wildman–Crippen MR) is 63.3 cm³/mol. The number of nitrogens with one attached hydrogen (secondary N) is 2. The number of urea groups is 1. The van der Waals surface area contributed by atoms with Gasteiger partial charge >= 0.3 is 12.0 Å².